The number of nitrogens with zero attached hydrogens (tertiary/aromatic N) is 2. The van der Waals surface area contributed by atoms with E-state index in [9.17, 15) is 15.3 Å². The first kappa shape index (κ1) is 20.0. The number of phenols is 1. The zero-order valence-corrected chi connectivity index (χ0v) is 16.8. The van der Waals surface area contributed by atoms with Crippen LogP contribution in [-0.4, -0.2) is 65.1 Å². The van der Waals surface area contributed by atoms with Gasteiger partial charge in [-0.2, -0.15) is 0 Å². The van der Waals surface area contributed by atoms with E-state index in [2.05, 4.69) is 39.4 Å². The number of nitrogens with one attached hydrogen (secondary N) is 1. The van der Waals surface area contributed by atoms with Gasteiger partial charge in [0.2, 0.25) is 0 Å². The topological polar surface area (TPSA) is 79.2 Å². The van der Waals surface area contributed by atoms with Crippen LogP contribution in [0.4, 0.5) is 11.4 Å². The van der Waals surface area contributed by atoms with Crippen molar-refractivity contribution < 1.29 is 15.3 Å². The first-order valence-corrected chi connectivity index (χ1v) is 10.5. The van der Waals surface area contributed by atoms with E-state index in [0.717, 1.165) is 68.8 Å². The van der Waals surface area contributed by atoms with Gasteiger partial charge in [0.05, 0.1) is 12.7 Å². The molecule has 0 spiro atoms. The molecule has 2 atom stereocenters. The van der Waals surface area contributed by atoms with Crippen LogP contribution in [0.3, 0.4) is 0 Å². The Bertz CT molecular complexity index is 812. The maximum absolute atomic E-state index is 9.77. The van der Waals surface area contributed by atoms with E-state index in [4.69, 9.17) is 0 Å². The minimum atomic E-state index is -0.150. The first-order valence-electron chi connectivity index (χ1n) is 10.5. The van der Waals surface area contributed by atoms with Crippen molar-refractivity contribution >= 4 is 11.4 Å². The Hall–Kier alpha value is -2.28. The van der Waals surface area contributed by atoms with Crippen molar-refractivity contribution in [3.8, 4) is 5.75 Å². The molecule has 6 heteroatoms. The number of phenolic OH excluding ortho intramolecular Hbond substituents is 1. The fraction of sp³-hybridized carbons (Fsp3) is 0.478. The summed E-state index contributed by atoms with van der Waals surface area (Å²) in [6, 6.07) is 14.2. The number of likely N-dealkylation sites (tertiary alicyclic amines) is 1. The van der Waals surface area contributed by atoms with Crippen molar-refractivity contribution in [1.29, 1.82) is 0 Å². The monoisotopic (exact) mass is 397 g/mol. The Labute approximate surface area is 172 Å². The van der Waals surface area contributed by atoms with E-state index in [1.54, 1.807) is 18.2 Å². The number of hydrogen-bond acceptors (Lipinski definition) is 6. The molecule has 4 rings (SSSR count). The van der Waals surface area contributed by atoms with Crippen LogP contribution >= 0.6 is 0 Å². The number of benzene rings is 2. The summed E-state index contributed by atoms with van der Waals surface area (Å²) in [6.45, 7) is 4.64. The molecule has 0 saturated carbocycles. The van der Waals surface area contributed by atoms with Crippen LogP contribution in [0.5, 0.6) is 5.75 Å². The molecule has 2 aliphatic rings. The number of anilines is 2. The molecule has 2 aromatic rings. The smallest absolute Gasteiger partial charge is 0.115 e. The van der Waals surface area contributed by atoms with Crippen molar-refractivity contribution in [2.75, 3.05) is 42.9 Å². The molecule has 0 aromatic heterocycles. The van der Waals surface area contributed by atoms with Crippen molar-refractivity contribution in [3.05, 3.63) is 53.6 Å². The molecule has 6 nitrogen and oxygen atoms in total. The SMILES string of the molecule is OCc1ccc(O)cc1CCNc1ccc(N2CCC(N3CCC(O)C3)C2)cc1. The van der Waals surface area contributed by atoms with E-state index in [-0.39, 0.29) is 18.5 Å². The van der Waals surface area contributed by atoms with Crippen molar-refractivity contribution in [3.63, 3.8) is 0 Å². The van der Waals surface area contributed by atoms with Gasteiger partial charge in [-0.05, 0) is 66.8 Å². The predicted octanol–water partition coefficient (Wildman–Crippen LogP) is 2.18. The molecule has 0 bridgehead atoms. The van der Waals surface area contributed by atoms with Gasteiger partial charge in [0.1, 0.15) is 5.75 Å². The number of rotatable bonds is 7. The van der Waals surface area contributed by atoms with Crippen LogP contribution in [0, 0.1) is 0 Å². The fourth-order valence-electron chi connectivity index (χ4n) is 4.51. The zero-order valence-electron chi connectivity index (χ0n) is 16.8. The molecule has 2 fully saturated rings. The molecule has 2 aliphatic heterocycles. The lowest BCUT2D eigenvalue weighted by atomic mass is 10.0. The molecule has 4 N–H and O–H groups in total. The molecule has 2 heterocycles. The molecule has 2 aromatic carbocycles. The number of hydrogen-bond donors (Lipinski definition) is 4. The molecule has 2 unspecified atom stereocenters. The molecule has 0 aliphatic carbocycles. The molecule has 0 amide bonds. The summed E-state index contributed by atoms with van der Waals surface area (Å²) in [5.41, 5.74) is 4.13. The van der Waals surface area contributed by atoms with Crippen molar-refractivity contribution in [2.45, 2.75) is 38.0 Å². The summed E-state index contributed by atoms with van der Waals surface area (Å²) in [5.74, 6) is 0.230. The lowest BCUT2D eigenvalue weighted by Crippen LogP contribution is -2.36. The zero-order chi connectivity index (χ0) is 20.2. The highest BCUT2D eigenvalue weighted by atomic mass is 16.3. The van der Waals surface area contributed by atoms with Gasteiger partial charge in [0.15, 0.2) is 0 Å². The van der Waals surface area contributed by atoms with Crippen molar-refractivity contribution in [1.82, 2.24) is 4.90 Å². The predicted molar refractivity (Wildman–Crippen MR) is 115 cm³/mol. The van der Waals surface area contributed by atoms with E-state index in [1.807, 2.05) is 0 Å². The van der Waals surface area contributed by atoms with E-state index < -0.39 is 0 Å². The average molecular weight is 398 g/mol. The van der Waals surface area contributed by atoms with Gasteiger partial charge in [0.25, 0.3) is 0 Å². The highest BCUT2D eigenvalue weighted by Crippen LogP contribution is 2.26. The van der Waals surface area contributed by atoms with Gasteiger partial charge >= 0.3 is 0 Å². The van der Waals surface area contributed by atoms with Crippen LogP contribution in [0.15, 0.2) is 42.5 Å². The molecule has 156 valence electrons. The van der Waals surface area contributed by atoms with Gasteiger partial charge in [-0.1, -0.05) is 6.07 Å². The Morgan fingerprint density at radius 2 is 1.79 bits per heavy atom. The first-order chi connectivity index (χ1) is 14.1. The van der Waals surface area contributed by atoms with Gasteiger partial charge < -0.3 is 25.5 Å². The second-order valence-corrected chi connectivity index (χ2v) is 8.16. The second-order valence-electron chi connectivity index (χ2n) is 8.16. The Morgan fingerprint density at radius 1 is 0.966 bits per heavy atom. The molecular weight excluding hydrogens is 366 g/mol. The number of aliphatic hydroxyl groups excluding tert-OH is 2. The van der Waals surface area contributed by atoms with Crippen LogP contribution < -0.4 is 10.2 Å². The highest BCUT2D eigenvalue weighted by molar-refractivity contribution is 5.56. The Balaban J connectivity index is 1.28. The van der Waals surface area contributed by atoms with Gasteiger partial charge in [-0.25, -0.2) is 0 Å². The van der Waals surface area contributed by atoms with Crippen LogP contribution in [0.25, 0.3) is 0 Å². The molecule has 0 radical (unpaired) electrons. The summed E-state index contributed by atoms with van der Waals surface area (Å²) in [5, 5.41) is 32.3. The fourth-order valence-corrected chi connectivity index (χ4v) is 4.51. The minimum absolute atomic E-state index is 0.0163. The van der Waals surface area contributed by atoms with Crippen LogP contribution in [0.2, 0.25) is 0 Å². The summed E-state index contributed by atoms with van der Waals surface area (Å²) >= 11 is 0. The van der Waals surface area contributed by atoms with E-state index >= 15 is 0 Å². The Kier molecular flexibility index (Phi) is 6.23. The van der Waals surface area contributed by atoms with E-state index in [1.165, 1.54) is 5.69 Å². The van der Waals surface area contributed by atoms with Gasteiger partial charge in [-0.15, -0.1) is 0 Å². The molecule has 2 saturated heterocycles. The maximum atomic E-state index is 9.77. The third-order valence-corrected chi connectivity index (χ3v) is 6.19. The largest absolute Gasteiger partial charge is 0.508 e. The van der Waals surface area contributed by atoms with E-state index in [0.29, 0.717) is 6.04 Å². The number of β-amino-alcohol motifs (C(OH)–C–C–N with tert-alkyl or cyclic N) is 1. The number of aliphatic hydroxyl groups is 2. The quantitative estimate of drug-likeness (QED) is 0.574. The average Bonchev–Trinajstić information content (AvgIpc) is 3.38. The second kappa shape index (κ2) is 9.03. The van der Waals surface area contributed by atoms with Crippen LogP contribution in [0.1, 0.15) is 24.0 Å². The summed E-state index contributed by atoms with van der Waals surface area (Å²) in [7, 11) is 0. The summed E-state index contributed by atoms with van der Waals surface area (Å²) in [4.78, 5) is 4.86. The third-order valence-electron chi connectivity index (χ3n) is 6.19. The molecule has 29 heavy (non-hydrogen) atoms. The summed E-state index contributed by atoms with van der Waals surface area (Å²) in [6.07, 6.45) is 2.65. The van der Waals surface area contributed by atoms with Gasteiger partial charge in [0, 0.05) is 50.1 Å². The summed E-state index contributed by atoms with van der Waals surface area (Å²) < 4.78 is 0. The van der Waals surface area contributed by atoms with Crippen molar-refractivity contribution in [2.24, 2.45) is 0 Å². The maximum Gasteiger partial charge on any atom is 0.115 e. The third kappa shape index (κ3) is 4.83. The minimum Gasteiger partial charge on any atom is -0.508 e. The van der Waals surface area contributed by atoms with Gasteiger partial charge in [-0.3, -0.25) is 4.90 Å². The number of aromatic hydroxyl groups is 1. The van der Waals surface area contributed by atoms with Crippen LogP contribution in [-0.2, 0) is 13.0 Å². The standard InChI is InChI=1S/C23H31N3O3/c27-16-18-1-6-22(28)13-17(18)7-10-24-19-2-4-20(5-3-19)25-11-8-21(14-25)26-12-9-23(29)15-26/h1-6,13,21,23-24,27-29H,7-12,14-16H2. The lowest BCUT2D eigenvalue weighted by molar-refractivity contribution is 0.163. The lowest BCUT2D eigenvalue weighted by Gasteiger charge is -2.24. The Morgan fingerprint density at radius 3 is 2.52 bits per heavy atom. The molecular formula is C23H31N3O3. The normalized spacial score (nSPS) is 22.3. The highest BCUT2D eigenvalue weighted by Gasteiger charge is 2.32.